The van der Waals surface area contributed by atoms with Gasteiger partial charge in [0.2, 0.25) is 23.8 Å². The minimum absolute atomic E-state index is 0.172. The van der Waals surface area contributed by atoms with Crippen LogP contribution in [0.15, 0.2) is 39.5 Å². The van der Waals surface area contributed by atoms with Crippen molar-refractivity contribution in [3.05, 3.63) is 40.6 Å². The summed E-state index contributed by atoms with van der Waals surface area (Å²) in [7, 11) is 0. The van der Waals surface area contributed by atoms with Gasteiger partial charge in [-0.05, 0) is 32.0 Å². The number of aromatic hydroxyl groups is 3. The number of phenols is 3. The molecule has 3 aromatic rings. The maximum absolute atomic E-state index is 14.4. The number of ether oxygens (including phenoxy) is 8. The smallest absolute Gasteiger partial charge is 0.239 e. The Morgan fingerprint density at radius 2 is 1.14 bits per heavy atom. The average molecular weight is 919 g/mol. The Labute approximate surface area is 360 Å². The zero-order valence-electron chi connectivity index (χ0n) is 33.6. The van der Waals surface area contributed by atoms with Gasteiger partial charge in [0.1, 0.15) is 102 Å². The van der Waals surface area contributed by atoms with Gasteiger partial charge in [-0.2, -0.15) is 0 Å². The molecule has 25 nitrogen and oxygen atoms in total. The fourth-order valence-corrected chi connectivity index (χ4v) is 7.61. The average Bonchev–Trinajstić information content (AvgIpc) is 3.26. The lowest BCUT2D eigenvalue weighted by Crippen LogP contribution is -2.65. The monoisotopic (exact) mass is 918 g/mol. The molecule has 0 spiro atoms. The third-order valence-electron chi connectivity index (χ3n) is 11.5. The predicted octanol–water partition coefficient (Wildman–Crippen LogP) is -5.36. The van der Waals surface area contributed by atoms with Gasteiger partial charge in [0.25, 0.3) is 0 Å². The summed E-state index contributed by atoms with van der Waals surface area (Å²) < 4.78 is 51.3. The molecule has 15 N–H and O–H groups in total. The molecule has 20 atom stereocenters. The Bertz CT molecular complexity index is 2150. The topological polar surface area (TPSA) is 408 Å². The summed E-state index contributed by atoms with van der Waals surface area (Å²) in [5, 5.41) is 157. The largest absolute Gasteiger partial charge is 0.507 e. The van der Waals surface area contributed by atoms with Gasteiger partial charge in [-0.15, -0.1) is 0 Å². The van der Waals surface area contributed by atoms with E-state index >= 15 is 0 Å². The van der Waals surface area contributed by atoms with Gasteiger partial charge < -0.3 is 119 Å². The quantitative estimate of drug-likeness (QED) is 0.0798. The van der Waals surface area contributed by atoms with Crippen molar-refractivity contribution in [3.63, 3.8) is 0 Å². The van der Waals surface area contributed by atoms with Crippen LogP contribution in [0.5, 0.6) is 28.7 Å². The van der Waals surface area contributed by atoms with Crippen molar-refractivity contribution in [1.29, 1.82) is 0 Å². The molecule has 0 saturated carbocycles. The minimum Gasteiger partial charge on any atom is -0.507 e. The van der Waals surface area contributed by atoms with Crippen LogP contribution in [0.3, 0.4) is 0 Å². The van der Waals surface area contributed by atoms with Gasteiger partial charge in [-0.1, -0.05) is 0 Å². The number of benzene rings is 2. The van der Waals surface area contributed by atoms with Gasteiger partial charge in [0.05, 0.1) is 25.4 Å². The molecule has 2 aromatic carbocycles. The van der Waals surface area contributed by atoms with Gasteiger partial charge in [-0.3, -0.25) is 4.79 Å². The fraction of sp³-hybridized carbons (Fsp3) is 0.615. The molecule has 356 valence electrons. The normalized spacial score (nSPS) is 40.6. The van der Waals surface area contributed by atoms with Crippen LogP contribution in [-0.4, -0.2) is 213 Å². The molecule has 4 aliphatic heterocycles. The van der Waals surface area contributed by atoms with Gasteiger partial charge in [0, 0.05) is 17.7 Å². The van der Waals surface area contributed by atoms with Crippen molar-refractivity contribution in [2.45, 2.75) is 137 Å². The number of hydrogen-bond acceptors (Lipinski definition) is 25. The van der Waals surface area contributed by atoms with E-state index < -0.39 is 181 Å². The Morgan fingerprint density at radius 3 is 1.78 bits per heavy atom. The molecular formula is C39H50O25. The number of hydrogen-bond donors (Lipinski definition) is 15. The SMILES string of the molecule is C[C@@H]1O[C@@H](OC[C@H]2O[C@@H](O[C@H]3[C@H](Oc4c(-c5ccc(O)c(O)c5)oc5cc(O[C@@H]6O[C@@H](C)[C@H](O)[C@@H](O)[C@H]6O)cc(O)c5c4=O)O[C@H](CO)[C@@H](O)[C@@H]3O)[C@H](O)[C@@H](O)[C@@H]2O)[C@H](O)[C@H](O)[C@H]1O. The first-order valence-corrected chi connectivity index (χ1v) is 19.9. The van der Waals surface area contributed by atoms with Gasteiger partial charge in [-0.25, -0.2) is 0 Å². The van der Waals surface area contributed by atoms with Crippen LogP contribution in [-0.2, 0) is 28.4 Å². The molecule has 0 aliphatic carbocycles. The van der Waals surface area contributed by atoms with Crippen molar-refractivity contribution >= 4 is 11.0 Å². The predicted molar refractivity (Wildman–Crippen MR) is 204 cm³/mol. The second-order valence-electron chi connectivity index (χ2n) is 15.9. The highest BCUT2D eigenvalue weighted by molar-refractivity contribution is 5.88. The summed E-state index contributed by atoms with van der Waals surface area (Å²) in [6.07, 6.45) is -34.7. The first kappa shape index (κ1) is 47.9. The van der Waals surface area contributed by atoms with E-state index in [2.05, 4.69) is 0 Å². The van der Waals surface area contributed by atoms with E-state index in [0.29, 0.717) is 0 Å². The summed E-state index contributed by atoms with van der Waals surface area (Å²) in [5.74, 6) is -3.83. The number of aliphatic hydroxyl groups excluding tert-OH is 12. The van der Waals surface area contributed by atoms with Crippen LogP contribution in [0.1, 0.15) is 13.8 Å². The van der Waals surface area contributed by atoms with E-state index in [9.17, 15) is 81.4 Å². The van der Waals surface area contributed by atoms with Crippen LogP contribution >= 0.6 is 0 Å². The van der Waals surface area contributed by atoms with E-state index in [1.54, 1.807) is 0 Å². The third-order valence-corrected chi connectivity index (χ3v) is 11.5. The highest BCUT2D eigenvalue weighted by Gasteiger charge is 2.53. The van der Waals surface area contributed by atoms with Crippen LogP contribution in [0.25, 0.3) is 22.3 Å². The van der Waals surface area contributed by atoms with E-state index in [-0.39, 0.29) is 11.3 Å². The lowest BCUT2D eigenvalue weighted by Gasteiger charge is -2.46. The standard InChI is InChI=1S/C39H50O25/c1-10-21(44)26(49)30(53)36(57-10)56-9-19-24(47)28(51)32(55)38(62-19)64-35-29(52)23(46)18(8-40)61-39(35)63-34-25(48)20-16(43)6-13(59-37-31(54)27(50)22(45)11(2)58-37)7-17(20)60-33(34)12-3-4-14(41)15(42)5-12/h3-7,10-11,18-19,21-24,26-32,35-47,49-55H,8-9H2,1-2H3/t10-,11-,18+,19+,21-,22-,23+,24+,26+,27+,28-,29-,30+,31+,32+,35+,36+,37-,38-,39-/m0/s1. The van der Waals surface area contributed by atoms with Crippen molar-refractivity contribution in [1.82, 2.24) is 0 Å². The summed E-state index contributed by atoms with van der Waals surface area (Å²) in [6.45, 7) is 1.11. The number of rotatable bonds is 11. The first-order valence-electron chi connectivity index (χ1n) is 19.9. The Balaban J connectivity index is 1.22. The van der Waals surface area contributed by atoms with E-state index in [1.807, 2.05) is 0 Å². The summed E-state index contributed by atoms with van der Waals surface area (Å²) in [6, 6.07) is 5.10. The molecule has 0 unspecified atom stereocenters. The second kappa shape index (κ2) is 19.0. The maximum atomic E-state index is 14.4. The minimum atomic E-state index is -2.12. The van der Waals surface area contributed by atoms with Gasteiger partial charge >= 0.3 is 0 Å². The molecule has 5 heterocycles. The number of phenolic OH excluding ortho intramolecular Hbond substituents is 3. The highest BCUT2D eigenvalue weighted by atomic mass is 16.8. The molecular weight excluding hydrogens is 868 g/mol. The molecule has 0 amide bonds. The molecule has 4 aliphatic rings. The van der Waals surface area contributed by atoms with Gasteiger partial charge in [0.15, 0.2) is 35.9 Å². The van der Waals surface area contributed by atoms with Crippen molar-refractivity contribution in [2.24, 2.45) is 0 Å². The molecule has 4 saturated heterocycles. The molecule has 0 bridgehead atoms. The van der Waals surface area contributed by atoms with Crippen molar-refractivity contribution < 1.29 is 119 Å². The van der Waals surface area contributed by atoms with Crippen LogP contribution < -0.4 is 14.9 Å². The van der Waals surface area contributed by atoms with E-state index in [0.717, 1.165) is 24.3 Å². The maximum Gasteiger partial charge on any atom is 0.239 e. The van der Waals surface area contributed by atoms with Crippen molar-refractivity contribution in [2.75, 3.05) is 13.2 Å². The first-order chi connectivity index (χ1) is 30.2. The van der Waals surface area contributed by atoms with Crippen molar-refractivity contribution in [3.8, 4) is 40.1 Å². The zero-order chi connectivity index (χ0) is 46.6. The van der Waals surface area contributed by atoms with Crippen LogP contribution in [0.4, 0.5) is 0 Å². The Hall–Kier alpha value is -4.07. The summed E-state index contributed by atoms with van der Waals surface area (Å²) in [4.78, 5) is 14.4. The third kappa shape index (κ3) is 9.06. The lowest BCUT2D eigenvalue weighted by atomic mass is 9.97. The fourth-order valence-electron chi connectivity index (χ4n) is 7.61. The van der Waals surface area contributed by atoms with Crippen LogP contribution in [0.2, 0.25) is 0 Å². The lowest BCUT2D eigenvalue weighted by molar-refractivity contribution is -0.364. The summed E-state index contributed by atoms with van der Waals surface area (Å²) in [5.41, 5.74) is -1.78. The Morgan fingerprint density at radius 1 is 0.562 bits per heavy atom. The second-order valence-corrected chi connectivity index (χ2v) is 15.9. The molecule has 4 fully saturated rings. The Kier molecular flexibility index (Phi) is 14.2. The van der Waals surface area contributed by atoms with Crippen LogP contribution in [0, 0.1) is 0 Å². The highest BCUT2D eigenvalue weighted by Crippen LogP contribution is 2.41. The molecule has 25 heteroatoms. The van der Waals surface area contributed by atoms with E-state index in [4.69, 9.17) is 42.3 Å². The molecule has 64 heavy (non-hydrogen) atoms. The molecule has 7 rings (SSSR count). The molecule has 1 aromatic heterocycles. The summed E-state index contributed by atoms with van der Waals surface area (Å²) >= 11 is 0. The van der Waals surface area contributed by atoms with E-state index in [1.165, 1.54) is 19.9 Å². The zero-order valence-corrected chi connectivity index (χ0v) is 33.6. The number of fused-ring (bicyclic) bond motifs is 1. The molecule has 0 radical (unpaired) electrons. The number of aliphatic hydroxyl groups is 12.